The van der Waals surface area contributed by atoms with Gasteiger partial charge < -0.3 is 19.7 Å². The van der Waals surface area contributed by atoms with E-state index in [1.54, 1.807) is 24.3 Å². The van der Waals surface area contributed by atoms with Crippen molar-refractivity contribution in [2.24, 2.45) is 4.99 Å². The maximum Gasteiger partial charge on any atom is 0.261 e. The van der Waals surface area contributed by atoms with Crippen LogP contribution in [0, 0.1) is 0 Å². The molecule has 2 heterocycles. The van der Waals surface area contributed by atoms with E-state index in [2.05, 4.69) is 10.2 Å². The highest BCUT2D eigenvalue weighted by Gasteiger charge is 2.34. The molecule has 0 unspecified atom stereocenters. The number of hydrogen-bond donors (Lipinski definition) is 1. The Balaban J connectivity index is 0.00000306. The van der Waals surface area contributed by atoms with Gasteiger partial charge in [-0.3, -0.25) is 19.5 Å². The monoisotopic (exact) mass is 564 g/mol. The highest BCUT2D eigenvalue weighted by atomic mass is 127. The fraction of sp³-hybridized carbons (Fsp3) is 0.375. The minimum absolute atomic E-state index is 0. The molecule has 2 aromatic carbocycles. The number of carbonyl (C=O) groups is 2. The first-order valence-electron chi connectivity index (χ1n) is 10.9. The molecule has 0 atom stereocenters. The lowest BCUT2D eigenvalue weighted by Crippen LogP contribution is -2.38. The Bertz CT molecular complexity index is 1010. The largest absolute Gasteiger partial charge is 0.454 e. The highest BCUT2D eigenvalue weighted by Crippen LogP contribution is 2.32. The smallest absolute Gasteiger partial charge is 0.261 e. The van der Waals surface area contributed by atoms with E-state index in [4.69, 9.17) is 14.5 Å². The Morgan fingerprint density at radius 1 is 1.06 bits per heavy atom. The number of unbranched alkanes of at least 4 members (excludes halogenated alkanes) is 1. The lowest BCUT2D eigenvalue weighted by molar-refractivity contribution is 0.0652. The van der Waals surface area contributed by atoms with E-state index < -0.39 is 0 Å². The lowest BCUT2D eigenvalue weighted by atomic mass is 10.1. The van der Waals surface area contributed by atoms with Crippen molar-refractivity contribution < 1.29 is 19.1 Å². The van der Waals surface area contributed by atoms with Crippen LogP contribution < -0.4 is 14.8 Å². The van der Waals surface area contributed by atoms with E-state index in [-0.39, 0.29) is 42.6 Å². The van der Waals surface area contributed by atoms with Crippen molar-refractivity contribution >= 4 is 41.8 Å². The topological polar surface area (TPSA) is 83.5 Å². The van der Waals surface area contributed by atoms with Gasteiger partial charge in [0.05, 0.1) is 11.1 Å². The van der Waals surface area contributed by atoms with Crippen molar-refractivity contribution in [2.75, 3.05) is 33.5 Å². The quantitative estimate of drug-likeness (QED) is 0.174. The van der Waals surface area contributed by atoms with Crippen LogP contribution in [-0.2, 0) is 6.54 Å². The van der Waals surface area contributed by atoms with Crippen LogP contribution >= 0.6 is 24.0 Å². The number of hydrogen-bond acceptors (Lipinski definition) is 5. The molecule has 0 radical (unpaired) electrons. The summed E-state index contributed by atoms with van der Waals surface area (Å²) in [6.07, 6.45) is 1.49. The number of carbonyl (C=O) groups excluding carboxylic acids is 2. The number of nitrogens with zero attached hydrogens (tertiary/aromatic N) is 3. The summed E-state index contributed by atoms with van der Waals surface area (Å²) in [4.78, 5) is 33.0. The average molecular weight is 564 g/mol. The summed E-state index contributed by atoms with van der Waals surface area (Å²) in [7, 11) is 1.99. The van der Waals surface area contributed by atoms with Crippen LogP contribution in [0.15, 0.2) is 47.5 Å². The first kappa shape index (κ1) is 24.8. The predicted octanol–water partition coefficient (Wildman–Crippen LogP) is 3.51. The fourth-order valence-electron chi connectivity index (χ4n) is 3.87. The standard InChI is InChI=1S/C24H28N4O4.HI/c1-3-25-24(27(2)15-17-10-11-20-21(14-17)32-16-31-20)26-12-6-7-13-28-22(29)18-8-4-5-9-19(18)23(28)30;/h4-5,8-11,14H,3,6-7,12-13,15-16H2,1-2H3,(H,25,26);1H. The van der Waals surface area contributed by atoms with Gasteiger partial charge in [0, 0.05) is 33.2 Å². The molecule has 0 fully saturated rings. The van der Waals surface area contributed by atoms with E-state index in [9.17, 15) is 9.59 Å². The SMILES string of the molecule is CCNC(=NCCCCN1C(=O)c2ccccc2C1=O)N(C)Cc1ccc2c(c1)OCO2.I. The maximum atomic E-state index is 12.4. The summed E-state index contributed by atoms with van der Waals surface area (Å²) in [6.45, 7) is 4.75. The van der Waals surface area contributed by atoms with Gasteiger partial charge in [-0.25, -0.2) is 0 Å². The van der Waals surface area contributed by atoms with Gasteiger partial charge in [-0.1, -0.05) is 18.2 Å². The minimum atomic E-state index is -0.203. The third kappa shape index (κ3) is 5.58. The Kier molecular flexibility index (Phi) is 8.54. The van der Waals surface area contributed by atoms with Crippen molar-refractivity contribution in [1.82, 2.24) is 15.1 Å². The van der Waals surface area contributed by atoms with Gasteiger partial charge in [-0.15, -0.1) is 24.0 Å². The maximum absolute atomic E-state index is 12.4. The summed E-state index contributed by atoms with van der Waals surface area (Å²) >= 11 is 0. The molecule has 0 aliphatic carbocycles. The zero-order valence-corrected chi connectivity index (χ0v) is 21.2. The van der Waals surface area contributed by atoms with E-state index in [0.29, 0.717) is 37.2 Å². The second-order valence-electron chi connectivity index (χ2n) is 7.79. The van der Waals surface area contributed by atoms with E-state index in [1.807, 2.05) is 32.2 Å². The van der Waals surface area contributed by atoms with Gasteiger partial charge in [0.25, 0.3) is 11.8 Å². The number of fused-ring (bicyclic) bond motifs is 2. The molecule has 2 aliphatic rings. The first-order valence-corrected chi connectivity index (χ1v) is 10.9. The third-order valence-electron chi connectivity index (χ3n) is 5.48. The summed E-state index contributed by atoms with van der Waals surface area (Å²) in [6, 6.07) is 12.9. The number of aliphatic imine (C=N–C) groups is 1. The molecule has 2 aliphatic heterocycles. The van der Waals surface area contributed by atoms with Crippen molar-refractivity contribution in [1.29, 1.82) is 0 Å². The molecule has 0 aromatic heterocycles. The number of benzene rings is 2. The molecule has 8 nitrogen and oxygen atoms in total. The van der Waals surface area contributed by atoms with Crippen molar-refractivity contribution in [3.63, 3.8) is 0 Å². The number of halogens is 1. The average Bonchev–Trinajstić information content (AvgIpc) is 3.36. The molecule has 2 aromatic rings. The summed E-state index contributed by atoms with van der Waals surface area (Å²) < 4.78 is 10.8. The molecule has 9 heteroatoms. The zero-order chi connectivity index (χ0) is 22.5. The Labute approximate surface area is 211 Å². The van der Waals surface area contributed by atoms with Crippen LogP contribution in [0.2, 0.25) is 0 Å². The van der Waals surface area contributed by atoms with Gasteiger partial charge >= 0.3 is 0 Å². The Hall–Kier alpha value is -2.82. The number of nitrogens with one attached hydrogen (secondary N) is 1. The number of guanidine groups is 1. The number of imide groups is 1. The normalized spacial score (nSPS) is 14.2. The second-order valence-corrected chi connectivity index (χ2v) is 7.79. The van der Waals surface area contributed by atoms with Crippen LogP contribution in [0.1, 0.15) is 46.0 Å². The molecule has 0 saturated heterocycles. The van der Waals surface area contributed by atoms with Crippen LogP contribution in [0.5, 0.6) is 11.5 Å². The van der Waals surface area contributed by atoms with Crippen molar-refractivity contribution in [3.05, 3.63) is 59.2 Å². The lowest BCUT2D eigenvalue weighted by Gasteiger charge is -2.22. The number of rotatable bonds is 8. The van der Waals surface area contributed by atoms with E-state index in [0.717, 1.165) is 36.0 Å². The Morgan fingerprint density at radius 2 is 1.76 bits per heavy atom. The van der Waals surface area contributed by atoms with Crippen LogP contribution in [0.4, 0.5) is 0 Å². The number of amides is 2. The molecule has 33 heavy (non-hydrogen) atoms. The van der Waals surface area contributed by atoms with Crippen molar-refractivity contribution in [3.8, 4) is 11.5 Å². The third-order valence-corrected chi connectivity index (χ3v) is 5.48. The summed E-state index contributed by atoms with van der Waals surface area (Å²) in [5.74, 6) is 1.95. The molecular formula is C24H29IN4O4. The molecule has 176 valence electrons. The van der Waals surface area contributed by atoms with Gasteiger partial charge in [0.15, 0.2) is 17.5 Å². The summed E-state index contributed by atoms with van der Waals surface area (Å²) in [5, 5.41) is 3.31. The molecule has 0 saturated carbocycles. The fourth-order valence-corrected chi connectivity index (χ4v) is 3.87. The molecule has 0 bridgehead atoms. The molecule has 1 N–H and O–H groups in total. The minimum Gasteiger partial charge on any atom is -0.454 e. The van der Waals surface area contributed by atoms with E-state index >= 15 is 0 Å². The van der Waals surface area contributed by atoms with Crippen LogP contribution in [0.3, 0.4) is 0 Å². The van der Waals surface area contributed by atoms with Gasteiger partial charge in [0.1, 0.15) is 0 Å². The Morgan fingerprint density at radius 3 is 2.45 bits per heavy atom. The van der Waals surface area contributed by atoms with Gasteiger partial charge in [-0.05, 0) is 49.6 Å². The summed E-state index contributed by atoms with van der Waals surface area (Å²) in [5.41, 5.74) is 2.10. The van der Waals surface area contributed by atoms with Crippen molar-refractivity contribution in [2.45, 2.75) is 26.3 Å². The molecule has 0 spiro atoms. The molecule has 2 amide bonds. The van der Waals surface area contributed by atoms with Crippen LogP contribution in [0.25, 0.3) is 0 Å². The van der Waals surface area contributed by atoms with E-state index in [1.165, 1.54) is 4.90 Å². The predicted molar refractivity (Wildman–Crippen MR) is 136 cm³/mol. The molecular weight excluding hydrogens is 535 g/mol. The number of ether oxygens (including phenoxy) is 2. The molecule has 4 rings (SSSR count). The highest BCUT2D eigenvalue weighted by molar-refractivity contribution is 14.0. The first-order chi connectivity index (χ1) is 15.6. The van der Waals surface area contributed by atoms with Gasteiger partial charge in [0.2, 0.25) is 6.79 Å². The van der Waals surface area contributed by atoms with Gasteiger partial charge in [-0.2, -0.15) is 0 Å². The zero-order valence-electron chi connectivity index (χ0n) is 18.9. The second kappa shape index (κ2) is 11.4. The van der Waals surface area contributed by atoms with Crippen LogP contribution in [-0.4, -0.2) is 61.0 Å².